The van der Waals surface area contributed by atoms with Crippen LogP contribution >= 0.6 is 0 Å². The van der Waals surface area contributed by atoms with E-state index in [1.807, 2.05) is 0 Å². The van der Waals surface area contributed by atoms with Crippen molar-refractivity contribution in [3.8, 4) is 0 Å². The molecule has 1 aliphatic carbocycles. The fourth-order valence-electron chi connectivity index (χ4n) is 2.59. The summed E-state index contributed by atoms with van der Waals surface area (Å²) in [5.41, 5.74) is 5.80. The van der Waals surface area contributed by atoms with Crippen molar-refractivity contribution in [2.24, 2.45) is 11.7 Å². The Balaban J connectivity index is 1.75. The molecule has 2 fully saturated rings. The molecule has 4 heteroatoms. The number of piperidine rings is 1. The molecule has 1 saturated heterocycles. The van der Waals surface area contributed by atoms with E-state index in [1.54, 1.807) is 0 Å². The molecule has 0 amide bonds. The first-order valence-corrected chi connectivity index (χ1v) is 6.30. The Morgan fingerprint density at radius 2 is 1.94 bits per heavy atom. The van der Waals surface area contributed by atoms with Gasteiger partial charge in [0.25, 0.3) is 0 Å². The predicted octanol–water partition coefficient (Wildman–Crippen LogP) is 0.751. The molecule has 4 nitrogen and oxygen atoms in total. The van der Waals surface area contributed by atoms with E-state index in [2.05, 4.69) is 11.9 Å². The molecular formula is C12H22N2O2. The number of esters is 1. The molecule has 0 spiro atoms. The maximum absolute atomic E-state index is 11.8. The molecule has 0 aromatic rings. The first-order valence-electron chi connectivity index (χ1n) is 6.30. The van der Waals surface area contributed by atoms with E-state index in [4.69, 9.17) is 10.5 Å². The van der Waals surface area contributed by atoms with Gasteiger partial charge in [-0.1, -0.05) is 0 Å². The third-order valence-corrected chi connectivity index (χ3v) is 3.75. The molecule has 2 atom stereocenters. The van der Waals surface area contributed by atoms with Gasteiger partial charge in [-0.2, -0.15) is 0 Å². The highest BCUT2D eigenvalue weighted by Gasteiger charge is 2.31. The van der Waals surface area contributed by atoms with Crippen molar-refractivity contribution in [1.82, 2.24) is 4.90 Å². The number of rotatable bonds is 2. The zero-order valence-corrected chi connectivity index (χ0v) is 10.0. The molecule has 1 aliphatic heterocycles. The monoisotopic (exact) mass is 226 g/mol. The highest BCUT2D eigenvalue weighted by Crippen LogP contribution is 2.26. The topological polar surface area (TPSA) is 55.6 Å². The molecule has 0 aromatic carbocycles. The zero-order chi connectivity index (χ0) is 11.5. The largest absolute Gasteiger partial charge is 0.462 e. The molecule has 2 N–H and O–H groups in total. The number of ether oxygens (including phenoxy) is 1. The lowest BCUT2D eigenvalue weighted by Crippen LogP contribution is -2.36. The summed E-state index contributed by atoms with van der Waals surface area (Å²) in [5.74, 6) is 0.0529. The van der Waals surface area contributed by atoms with Crippen LogP contribution in [0.15, 0.2) is 0 Å². The van der Waals surface area contributed by atoms with Gasteiger partial charge < -0.3 is 15.4 Å². The van der Waals surface area contributed by atoms with Crippen molar-refractivity contribution in [2.75, 3.05) is 20.1 Å². The van der Waals surface area contributed by atoms with E-state index < -0.39 is 0 Å². The minimum atomic E-state index is -0.0116. The average Bonchev–Trinajstić information content (AvgIpc) is 2.68. The number of nitrogens with two attached hydrogens (primary N) is 1. The number of nitrogens with zero attached hydrogens (tertiary/aromatic N) is 1. The van der Waals surface area contributed by atoms with Gasteiger partial charge >= 0.3 is 5.97 Å². The fraction of sp³-hybridized carbons (Fsp3) is 0.917. The van der Waals surface area contributed by atoms with Gasteiger partial charge in [0.15, 0.2) is 0 Å². The molecule has 2 aliphatic rings. The van der Waals surface area contributed by atoms with Gasteiger partial charge in [0, 0.05) is 19.1 Å². The molecule has 0 aromatic heterocycles. The normalized spacial score (nSPS) is 32.9. The summed E-state index contributed by atoms with van der Waals surface area (Å²) in [6.45, 7) is 2.06. The summed E-state index contributed by atoms with van der Waals surface area (Å²) in [7, 11) is 2.11. The van der Waals surface area contributed by atoms with Gasteiger partial charge in [0.05, 0.1) is 5.92 Å². The molecule has 0 radical (unpaired) electrons. The van der Waals surface area contributed by atoms with E-state index in [9.17, 15) is 4.79 Å². The lowest BCUT2D eigenvalue weighted by molar-refractivity contribution is -0.155. The first kappa shape index (κ1) is 11.9. The van der Waals surface area contributed by atoms with Crippen LogP contribution in [0.4, 0.5) is 0 Å². The van der Waals surface area contributed by atoms with E-state index in [0.717, 1.165) is 45.2 Å². The van der Waals surface area contributed by atoms with Crippen LogP contribution in [0.2, 0.25) is 0 Å². The van der Waals surface area contributed by atoms with Crippen molar-refractivity contribution in [3.63, 3.8) is 0 Å². The second kappa shape index (κ2) is 5.15. The lowest BCUT2D eigenvalue weighted by atomic mass is 10.1. The molecular weight excluding hydrogens is 204 g/mol. The van der Waals surface area contributed by atoms with Crippen LogP contribution in [0, 0.1) is 5.92 Å². The summed E-state index contributed by atoms with van der Waals surface area (Å²) in [6, 6.07) is 0.204. The maximum atomic E-state index is 11.8. The van der Waals surface area contributed by atoms with Gasteiger partial charge in [0.1, 0.15) is 6.10 Å². The Bertz CT molecular complexity index is 249. The Morgan fingerprint density at radius 1 is 1.25 bits per heavy atom. The number of carbonyl (C=O) groups is 1. The highest BCUT2D eigenvalue weighted by molar-refractivity contribution is 5.73. The third-order valence-electron chi connectivity index (χ3n) is 3.75. The zero-order valence-electron chi connectivity index (χ0n) is 10.0. The van der Waals surface area contributed by atoms with Gasteiger partial charge in [-0.15, -0.1) is 0 Å². The van der Waals surface area contributed by atoms with Crippen LogP contribution in [-0.2, 0) is 9.53 Å². The van der Waals surface area contributed by atoms with Gasteiger partial charge in [-0.3, -0.25) is 4.79 Å². The number of hydrogen-bond donors (Lipinski definition) is 1. The first-order chi connectivity index (χ1) is 7.65. The quantitative estimate of drug-likeness (QED) is 0.706. The summed E-state index contributed by atoms with van der Waals surface area (Å²) in [5, 5.41) is 0. The van der Waals surface area contributed by atoms with Gasteiger partial charge in [-0.05, 0) is 39.2 Å². The second-order valence-corrected chi connectivity index (χ2v) is 5.21. The molecule has 1 heterocycles. The Hall–Kier alpha value is -0.610. The van der Waals surface area contributed by atoms with E-state index in [-0.39, 0.29) is 24.0 Å². The van der Waals surface area contributed by atoms with Crippen LogP contribution in [0.1, 0.15) is 32.1 Å². The molecule has 2 rings (SSSR count). The Kier molecular flexibility index (Phi) is 3.82. The van der Waals surface area contributed by atoms with Crippen molar-refractivity contribution in [3.05, 3.63) is 0 Å². The van der Waals surface area contributed by atoms with Crippen LogP contribution in [0.25, 0.3) is 0 Å². The molecule has 92 valence electrons. The fourth-order valence-corrected chi connectivity index (χ4v) is 2.59. The summed E-state index contributed by atoms with van der Waals surface area (Å²) in [4.78, 5) is 14.1. The van der Waals surface area contributed by atoms with Crippen LogP contribution in [0.5, 0.6) is 0 Å². The molecule has 16 heavy (non-hydrogen) atoms. The van der Waals surface area contributed by atoms with Crippen molar-refractivity contribution in [2.45, 2.75) is 44.2 Å². The third kappa shape index (κ3) is 2.95. The van der Waals surface area contributed by atoms with Gasteiger partial charge in [-0.25, -0.2) is 0 Å². The summed E-state index contributed by atoms with van der Waals surface area (Å²) < 4.78 is 5.55. The van der Waals surface area contributed by atoms with E-state index >= 15 is 0 Å². The second-order valence-electron chi connectivity index (χ2n) is 5.21. The standard InChI is InChI=1S/C12H22N2O2/c1-14-6-4-11(5-7-14)16-12(15)9-2-3-10(13)8-9/h9-11H,2-8,13H2,1H3. The van der Waals surface area contributed by atoms with Crippen LogP contribution in [0.3, 0.4) is 0 Å². The SMILES string of the molecule is CN1CCC(OC(=O)C2CCC(N)C2)CC1. The Labute approximate surface area is 97.1 Å². The highest BCUT2D eigenvalue weighted by atomic mass is 16.5. The number of likely N-dealkylation sites (tertiary alicyclic amines) is 1. The summed E-state index contributed by atoms with van der Waals surface area (Å²) >= 11 is 0. The lowest BCUT2D eigenvalue weighted by Gasteiger charge is -2.29. The molecule has 2 unspecified atom stereocenters. The molecule has 1 saturated carbocycles. The minimum absolute atomic E-state index is 0.0116. The minimum Gasteiger partial charge on any atom is -0.462 e. The van der Waals surface area contributed by atoms with E-state index in [1.165, 1.54) is 0 Å². The van der Waals surface area contributed by atoms with E-state index in [0.29, 0.717) is 0 Å². The predicted molar refractivity (Wildman–Crippen MR) is 61.9 cm³/mol. The van der Waals surface area contributed by atoms with Crippen LogP contribution < -0.4 is 5.73 Å². The van der Waals surface area contributed by atoms with Gasteiger partial charge in [0.2, 0.25) is 0 Å². The number of carbonyl (C=O) groups excluding carboxylic acids is 1. The van der Waals surface area contributed by atoms with Crippen molar-refractivity contribution in [1.29, 1.82) is 0 Å². The Morgan fingerprint density at radius 3 is 2.50 bits per heavy atom. The number of hydrogen-bond acceptors (Lipinski definition) is 4. The van der Waals surface area contributed by atoms with Crippen molar-refractivity contribution < 1.29 is 9.53 Å². The maximum Gasteiger partial charge on any atom is 0.309 e. The van der Waals surface area contributed by atoms with Crippen LogP contribution in [-0.4, -0.2) is 43.2 Å². The average molecular weight is 226 g/mol. The molecule has 0 bridgehead atoms. The smallest absolute Gasteiger partial charge is 0.309 e. The van der Waals surface area contributed by atoms with Crippen molar-refractivity contribution >= 4 is 5.97 Å². The summed E-state index contributed by atoms with van der Waals surface area (Å²) in [6.07, 6.45) is 4.77.